The van der Waals surface area contributed by atoms with Gasteiger partial charge in [0.1, 0.15) is 4.83 Å². The van der Waals surface area contributed by atoms with Crippen molar-refractivity contribution in [3.05, 3.63) is 55.9 Å². The molecule has 0 atom stereocenters. The van der Waals surface area contributed by atoms with Gasteiger partial charge in [0.05, 0.1) is 30.0 Å². The van der Waals surface area contributed by atoms with Crippen LogP contribution in [0.3, 0.4) is 0 Å². The van der Waals surface area contributed by atoms with E-state index in [1.807, 2.05) is 6.07 Å². The van der Waals surface area contributed by atoms with Crippen molar-refractivity contribution >= 4 is 33.3 Å². The molecule has 0 spiro atoms. The quantitative estimate of drug-likeness (QED) is 0.292. The Morgan fingerprint density at radius 1 is 1.18 bits per heavy atom. The van der Waals surface area contributed by atoms with Gasteiger partial charge in [-0.1, -0.05) is 30.0 Å². The van der Waals surface area contributed by atoms with Crippen LogP contribution < -0.4 is 5.56 Å². The molecule has 0 aliphatic heterocycles. The standard InChI is InChI=1S/C23H26N6O2S2/c1-14-7-6-8-15(2)20(14)29-18(25-26-27-29)13-32-23-24-21-19(22(30)28(23)11-12-31-3)16-9-4-5-10-17(16)33-21/h6-8H,4-5,9-13H2,1-3H3. The van der Waals surface area contributed by atoms with Crippen molar-refractivity contribution in [1.29, 1.82) is 0 Å². The molecule has 0 N–H and O–H groups in total. The zero-order valence-electron chi connectivity index (χ0n) is 19.0. The van der Waals surface area contributed by atoms with Gasteiger partial charge in [-0.15, -0.1) is 16.4 Å². The third-order valence-electron chi connectivity index (χ3n) is 6.07. The molecule has 10 heteroatoms. The monoisotopic (exact) mass is 482 g/mol. The summed E-state index contributed by atoms with van der Waals surface area (Å²) >= 11 is 3.16. The zero-order valence-corrected chi connectivity index (χ0v) is 20.6. The highest BCUT2D eigenvalue weighted by Crippen LogP contribution is 2.35. The average Bonchev–Trinajstić information content (AvgIpc) is 3.41. The van der Waals surface area contributed by atoms with Crippen molar-refractivity contribution in [3.63, 3.8) is 0 Å². The highest BCUT2D eigenvalue weighted by atomic mass is 32.2. The first-order valence-electron chi connectivity index (χ1n) is 11.1. The lowest BCUT2D eigenvalue weighted by molar-refractivity contribution is 0.183. The van der Waals surface area contributed by atoms with Gasteiger partial charge in [-0.25, -0.2) is 4.98 Å². The van der Waals surface area contributed by atoms with E-state index in [0.717, 1.165) is 52.1 Å². The first kappa shape index (κ1) is 22.2. The molecule has 3 heterocycles. The third kappa shape index (κ3) is 4.11. The summed E-state index contributed by atoms with van der Waals surface area (Å²) in [5, 5.41) is 13.9. The lowest BCUT2D eigenvalue weighted by Crippen LogP contribution is -2.25. The number of aryl methyl sites for hydroxylation is 4. The van der Waals surface area contributed by atoms with Gasteiger partial charge in [-0.2, -0.15) is 4.68 Å². The number of nitrogens with zero attached hydrogens (tertiary/aromatic N) is 6. The van der Waals surface area contributed by atoms with Crippen LogP contribution in [0.4, 0.5) is 0 Å². The van der Waals surface area contributed by atoms with E-state index >= 15 is 0 Å². The lowest BCUT2D eigenvalue weighted by Gasteiger charge is -2.14. The van der Waals surface area contributed by atoms with E-state index in [1.54, 1.807) is 27.7 Å². The highest BCUT2D eigenvalue weighted by Gasteiger charge is 2.23. The Morgan fingerprint density at radius 3 is 2.76 bits per heavy atom. The van der Waals surface area contributed by atoms with Crippen LogP contribution in [0.25, 0.3) is 15.9 Å². The lowest BCUT2D eigenvalue weighted by atomic mass is 9.97. The maximum absolute atomic E-state index is 13.5. The average molecular weight is 483 g/mol. The molecule has 0 radical (unpaired) electrons. The Morgan fingerprint density at radius 2 is 1.97 bits per heavy atom. The third-order valence-corrected chi connectivity index (χ3v) is 8.23. The fourth-order valence-electron chi connectivity index (χ4n) is 4.45. The van der Waals surface area contributed by atoms with Crippen LogP contribution in [-0.4, -0.2) is 43.5 Å². The van der Waals surface area contributed by atoms with Crippen molar-refractivity contribution in [2.75, 3.05) is 13.7 Å². The molecule has 4 aromatic rings. The van der Waals surface area contributed by atoms with Gasteiger partial charge in [0.2, 0.25) is 0 Å². The number of tetrazole rings is 1. The fourth-order valence-corrected chi connectivity index (χ4v) is 6.68. The molecule has 1 aliphatic carbocycles. The van der Waals surface area contributed by atoms with E-state index in [4.69, 9.17) is 9.72 Å². The van der Waals surface area contributed by atoms with Crippen molar-refractivity contribution < 1.29 is 4.74 Å². The summed E-state index contributed by atoms with van der Waals surface area (Å²) in [6.07, 6.45) is 4.32. The summed E-state index contributed by atoms with van der Waals surface area (Å²) in [6.45, 7) is 5.02. The zero-order chi connectivity index (χ0) is 22.9. The van der Waals surface area contributed by atoms with Crippen LogP contribution in [-0.2, 0) is 29.9 Å². The second-order valence-electron chi connectivity index (χ2n) is 8.27. The SMILES string of the molecule is COCCn1c(SCc2nnnn2-c2c(C)cccc2C)nc2sc3c(c2c1=O)CCCC3. The van der Waals surface area contributed by atoms with Gasteiger partial charge in [-0.05, 0) is 66.6 Å². The number of rotatable bonds is 7. The second-order valence-corrected chi connectivity index (χ2v) is 10.3. The number of thioether (sulfide) groups is 1. The second kappa shape index (κ2) is 9.36. The van der Waals surface area contributed by atoms with Crippen molar-refractivity contribution in [2.45, 2.75) is 57.0 Å². The molecule has 0 unspecified atom stereocenters. The Bertz CT molecular complexity index is 1350. The molecule has 33 heavy (non-hydrogen) atoms. The minimum Gasteiger partial charge on any atom is -0.383 e. The van der Waals surface area contributed by atoms with E-state index in [2.05, 4.69) is 41.5 Å². The molecule has 8 nitrogen and oxygen atoms in total. The van der Waals surface area contributed by atoms with Gasteiger partial charge in [0.15, 0.2) is 11.0 Å². The van der Waals surface area contributed by atoms with E-state index in [-0.39, 0.29) is 5.56 Å². The first-order chi connectivity index (χ1) is 16.1. The van der Waals surface area contributed by atoms with E-state index in [9.17, 15) is 4.79 Å². The summed E-state index contributed by atoms with van der Waals surface area (Å²) < 4.78 is 8.83. The number of aromatic nitrogens is 6. The van der Waals surface area contributed by atoms with Crippen LogP contribution >= 0.6 is 23.1 Å². The van der Waals surface area contributed by atoms with Gasteiger partial charge >= 0.3 is 0 Å². The molecule has 0 fully saturated rings. The maximum Gasteiger partial charge on any atom is 0.263 e. The summed E-state index contributed by atoms with van der Waals surface area (Å²) in [4.78, 5) is 20.6. The molecule has 172 valence electrons. The number of thiophene rings is 1. The van der Waals surface area contributed by atoms with E-state index < -0.39 is 0 Å². The smallest absolute Gasteiger partial charge is 0.263 e. The van der Waals surface area contributed by atoms with E-state index in [0.29, 0.717) is 24.1 Å². The molecule has 3 aromatic heterocycles. The molecule has 0 amide bonds. The number of benzene rings is 1. The number of methoxy groups -OCH3 is 1. The number of hydrogen-bond donors (Lipinski definition) is 0. The summed E-state index contributed by atoms with van der Waals surface area (Å²) in [7, 11) is 1.65. The number of hydrogen-bond acceptors (Lipinski definition) is 8. The summed E-state index contributed by atoms with van der Waals surface area (Å²) in [5.41, 5.74) is 4.45. The molecule has 5 rings (SSSR count). The molecule has 0 saturated heterocycles. The van der Waals surface area contributed by atoms with Crippen LogP contribution in [0.15, 0.2) is 28.2 Å². The highest BCUT2D eigenvalue weighted by molar-refractivity contribution is 7.98. The van der Waals surface area contributed by atoms with Crippen molar-refractivity contribution in [1.82, 2.24) is 29.8 Å². The Labute approximate surface area is 200 Å². The van der Waals surface area contributed by atoms with Crippen LogP contribution in [0.5, 0.6) is 0 Å². The molecule has 1 aromatic carbocycles. The van der Waals surface area contributed by atoms with E-state index in [1.165, 1.54) is 28.6 Å². The molecule has 0 bridgehead atoms. The minimum atomic E-state index is 0.0355. The summed E-state index contributed by atoms with van der Waals surface area (Å²) in [6, 6.07) is 6.13. The van der Waals surface area contributed by atoms with Gasteiger partial charge in [0, 0.05) is 12.0 Å². The van der Waals surface area contributed by atoms with Gasteiger partial charge < -0.3 is 4.74 Å². The minimum absolute atomic E-state index is 0.0355. The Balaban J connectivity index is 1.52. The predicted octanol–water partition coefficient (Wildman–Crippen LogP) is 3.87. The number of ether oxygens (including phenoxy) is 1. The van der Waals surface area contributed by atoms with Crippen LogP contribution in [0, 0.1) is 13.8 Å². The number of fused-ring (bicyclic) bond motifs is 3. The molecular weight excluding hydrogens is 456 g/mol. The van der Waals surface area contributed by atoms with Crippen LogP contribution in [0.1, 0.15) is 40.2 Å². The fraction of sp³-hybridized carbons (Fsp3) is 0.435. The topological polar surface area (TPSA) is 87.7 Å². The largest absolute Gasteiger partial charge is 0.383 e. The predicted molar refractivity (Wildman–Crippen MR) is 131 cm³/mol. The van der Waals surface area contributed by atoms with Gasteiger partial charge in [0.25, 0.3) is 5.56 Å². The Hall–Kier alpha value is -2.56. The summed E-state index contributed by atoms with van der Waals surface area (Å²) in [5.74, 6) is 1.21. The van der Waals surface area contributed by atoms with Crippen molar-refractivity contribution in [3.8, 4) is 5.69 Å². The first-order valence-corrected chi connectivity index (χ1v) is 12.9. The maximum atomic E-state index is 13.5. The molecule has 0 saturated carbocycles. The molecular formula is C23H26N6O2S2. The van der Waals surface area contributed by atoms with Crippen LogP contribution in [0.2, 0.25) is 0 Å². The van der Waals surface area contributed by atoms with Gasteiger partial charge in [-0.3, -0.25) is 9.36 Å². The Kier molecular flexibility index (Phi) is 6.31. The van der Waals surface area contributed by atoms with Crippen molar-refractivity contribution in [2.24, 2.45) is 0 Å². The normalized spacial score (nSPS) is 13.5. The molecule has 1 aliphatic rings. The number of para-hydroxylation sites is 1.